The summed E-state index contributed by atoms with van der Waals surface area (Å²) in [5.74, 6) is -2.19. The fourth-order valence-corrected chi connectivity index (χ4v) is 4.41. The summed E-state index contributed by atoms with van der Waals surface area (Å²) in [6.45, 7) is 5.97. The molecule has 0 aromatic heterocycles. The van der Waals surface area contributed by atoms with Gasteiger partial charge in [-0.25, -0.2) is 0 Å². The Morgan fingerprint density at radius 2 is 1.62 bits per heavy atom. The van der Waals surface area contributed by atoms with E-state index in [1.54, 1.807) is 0 Å². The summed E-state index contributed by atoms with van der Waals surface area (Å²) in [6.07, 6.45) is 0.351. The Morgan fingerprint density at radius 3 is 2.10 bits per heavy atom. The van der Waals surface area contributed by atoms with Crippen LogP contribution in [0.25, 0.3) is 0 Å². The lowest BCUT2D eigenvalue weighted by Crippen LogP contribution is -2.55. The zero-order valence-electron chi connectivity index (χ0n) is 17.1. The van der Waals surface area contributed by atoms with Gasteiger partial charge in [0.1, 0.15) is 11.7 Å². The number of carboxylic acids is 1. The van der Waals surface area contributed by atoms with Crippen molar-refractivity contribution in [3.63, 3.8) is 0 Å². The van der Waals surface area contributed by atoms with Gasteiger partial charge in [0.15, 0.2) is 0 Å². The largest absolute Gasteiger partial charge is 0.481 e. The molecule has 2 N–H and O–H groups in total. The third kappa shape index (κ3) is 5.11. The van der Waals surface area contributed by atoms with Crippen molar-refractivity contribution in [1.82, 2.24) is 10.2 Å². The molecule has 0 amide bonds. The zero-order chi connectivity index (χ0) is 20.8. The van der Waals surface area contributed by atoms with Crippen LogP contribution in [-0.2, 0) is 9.59 Å². The first kappa shape index (κ1) is 21.2. The van der Waals surface area contributed by atoms with E-state index in [2.05, 4.69) is 65.7 Å². The molecule has 5 heteroatoms. The number of rotatable bonds is 8. The van der Waals surface area contributed by atoms with Crippen LogP contribution in [0.1, 0.15) is 37.4 Å². The van der Waals surface area contributed by atoms with Crippen LogP contribution in [0, 0.1) is 11.8 Å². The number of hydrogen-bond donors (Lipinski definition) is 2. The number of carboxylic acid groups (broad SMARTS) is 1. The van der Waals surface area contributed by atoms with E-state index in [1.165, 1.54) is 18.1 Å². The SMILES string of the molecule is CC(=O)C(CC(C)C1CNCCN1C(c1ccccc1)c1ccccc1)C(=O)O. The van der Waals surface area contributed by atoms with Gasteiger partial charge in [0.05, 0.1) is 6.04 Å². The van der Waals surface area contributed by atoms with Crippen LogP contribution in [0.2, 0.25) is 0 Å². The van der Waals surface area contributed by atoms with E-state index in [0.717, 1.165) is 19.6 Å². The number of Topliss-reactive ketones (excluding diaryl/α,β-unsaturated/α-hetero) is 1. The molecule has 0 bridgehead atoms. The number of carbonyl (C=O) groups is 2. The molecule has 3 atom stereocenters. The molecule has 1 aliphatic heterocycles. The first-order chi connectivity index (χ1) is 14.0. The highest BCUT2D eigenvalue weighted by Crippen LogP contribution is 2.34. The van der Waals surface area contributed by atoms with E-state index in [9.17, 15) is 14.7 Å². The van der Waals surface area contributed by atoms with E-state index >= 15 is 0 Å². The molecule has 1 fully saturated rings. The summed E-state index contributed by atoms with van der Waals surface area (Å²) in [5, 5.41) is 12.9. The Balaban J connectivity index is 1.93. The van der Waals surface area contributed by atoms with Crippen LogP contribution in [0.5, 0.6) is 0 Å². The summed E-state index contributed by atoms with van der Waals surface area (Å²) >= 11 is 0. The fraction of sp³-hybridized carbons (Fsp3) is 0.417. The third-order valence-electron chi connectivity index (χ3n) is 5.94. The van der Waals surface area contributed by atoms with E-state index in [0.29, 0.717) is 6.42 Å². The van der Waals surface area contributed by atoms with Crippen LogP contribution in [-0.4, -0.2) is 47.4 Å². The summed E-state index contributed by atoms with van der Waals surface area (Å²) in [5.41, 5.74) is 2.44. The number of ketones is 1. The number of hydrogen-bond acceptors (Lipinski definition) is 4. The van der Waals surface area contributed by atoms with Crippen molar-refractivity contribution in [3.8, 4) is 0 Å². The predicted molar refractivity (Wildman–Crippen MR) is 114 cm³/mol. The van der Waals surface area contributed by atoms with Crippen LogP contribution < -0.4 is 5.32 Å². The Hall–Kier alpha value is -2.50. The lowest BCUT2D eigenvalue weighted by Gasteiger charge is -2.45. The maximum Gasteiger partial charge on any atom is 0.314 e. The molecule has 1 heterocycles. The van der Waals surface area contributed by atoms with Crippen molar-refractivity contribution in [2.45, 2.75) is 32.4 Å². The summed E-state index contributed by atoms with van der Waals surface area (Å²) < 4.78 is 0. The van der Waals surface area contributed by atoms with E-state index in [-0.39, 0.29) is 23.8 Å². The quantitative estimate of drug-likeness (QED) is 0.672. The van der Waals surface area contributed by atoms with Crippen molar-refractivity contribution in [3.05, 3.63) is 71.8 Å². The Kier molecular flexibility index (Phi) is 7.18. The van der Waals surface area contributed by atoms with Gasteiger partial charge in [-0.2, -0.15) is 0 Å². The molecule has 3 unspecified atom stereocenters. The minimum absolute atomic E-state index is 0.0581. The molecule has 2 aromatic carbocycles. The van der Waals surface area contributed by atoms with Gasteiger partial charge in [0.25, 0.3) is 0 Å². The van der Waals surface area contributed by atoms with E-state index in [4.69, 9.17) is 0 Å². The third-order valence-corrected chi connectivity index (χ3v) is 5.94. The number of nitrogens with zero attached hydrogens (tertiary/aromatic N) is 1. The monoisotopic (exact) mass is 394 g/mol. The number of piperazine rings is 1. The predicted octanol–water partition coefficient (Wildman–Crippen LogP) is 3.37. The minimum Gasteiger partial charge on any atom is -0.481 e. The van der Waals surface area contributed by atoms with Gasteiger partial charge in [-0.3, -0.25) is 14.5 Å². The van der Waals surface area contributed by atoms with Gasteiger partial charge in [0.2, 0.25) is 0 Å². The normalized spacial score (nSPS) is 19.6. The fourth-order valence-electron chi connectivity index (χ4n) is 4.41. The molecule has 154 valence electrons. The van der Waals surface area contributed by atoms with E-state index in [1.807, 2.05) is 12.1 Å². The average molecular weight is 395 g/mol. The number of carbonyl (C=O) groups excluding carboxylic acids is 1. The molecule has 0 spiro atoms. The van der Waals surface area contributed by atoms with Gasteiger partial charge in [-0.05, 0) is 30.4 Å². The second kappa shape index (κ2) is 9.81. The van der Waals surface area contributed by atoms with Crippen molar-refractivity contribution >= 4 is 11.8 Å². The maximum atomic E-state index is 11.9. The molecule has 0 aliphatic carbocycles. The number of nitrogens with one attached hydrogen (secondary N) is 1. The van der Waals surface area contributed by atoms with Gasteiger partial charge in [-0.1, -0.05) is 67.6 Å². The van der Waals surface area contributed by atoms with Crippen molar-refractivity contribution in [2.75, 3.05) is 19.6 Å². The van der Waals surface area contributed by atoms with Crippen LogP contribution in [0.4, 0.5) is 0 Å². The topological polar surface area (TPSA) is 69.6 Å². The molecule has 3 rings (SSSR count). The van der Waals surface area contributed by atoms with E-state index < -0.39 is 11.9 Å². The zero-order valence-corrected chi connectivity index (χ0v) is 17.1. The highest BCUT2D eigenvalue weighted by molar-refractivity contribution is 5.96. The lowest BCUT2D eigenvalue weighted by atomic mass is 9.84. The van der Waals surface area contributed by atoms with Crippen molar-refractivity contribution in [2.24, 2.45) is 11.8 Å². The lowest BCUT2D eigenvalue weighted by molar-refractivity contribution is -0.146. The van der Waals surface area contributed by atoms with Crippen molar-refractivity contribution in [1.29, 1.82) is 0 Å². The average Bonchev–Trinajstić information content (AvgIpc) is 2.73. The second-order valence-corrected chi connectivity index (χ2v) is 7.95. The standard InChI is InChI=1S/C24H30N2O3/c1-17(15-21(18(2)27)24(28)29)22-16-25-13-14-26(22)23(19-9-5-3-6-10-19)20-11-7-4-8-12-20/h3-12,17,21-23,25H,13-16H2,1-2H3,(H,28,29). The molecule has 29 heavy (non-hydrogen) atoms. The summed E-state index contributed by atoms with van der Waals surface area (Å²) in [4.78, 5) is 25.9. The number of benzene rings is 2. The highest BCUT2D eigenvalue weighted by Gasteiger charge is 2.36. The molecule has 5 nitrogen and oxygen atoms in total. The molecule has 1 aliphatic rings. The van der Waals surface area contributed by atoms with Crippen LogP contribution in [0.15, 0.2) is 60.7 Å². The Bertz CT molecular complexity index is 756. The summed E-state index contributed by atoms with van der Waals surface area (Å²) in [7, 11) is 0. The smallest absolute Gasteiger partial charge is 0.314 e. The number of aliphatic carboxylic acids is 1. The molecule has 0 saturated carbocycles. The maximum absolute atomic E-state index is 11.9. The molecular formula is C24H30N2O3. The van der Waals surface area contributed by atoms with Crippen LogP contribution in [0.3, 0.4) is 0 Å². The summed E-state index contributed by atoms with van der Waals surface area (Å²) in [6, 6.07) is 21.1. The minimum atomic E-state index is -1.03. The second-order valence-electron chi connectivity index (χ2n) is 7.95. The first-order valence-corrected chi connectivity index (χ1v) is 10.3. The molecule has 0 radical (unpaired) electrons. The molecule has 2 aromatic rings. The van der Waals surface area contributed by atoms with Gasteiger partial charge in [0, 0.05) is 25.7 Å². The Labute approximate surface area is 172 Å². The van der Waals surface area contributed by atoms with Crippen molar-refractivity contribution < 1.29 is 14.7 Å². The molecule has 1 saturated heterocycles. The Morgan fingerprint density at radius 1 is 1.07 bits per heavy atom. The first-order valence-electron chi connectivity index (χ1n) is 10.3. The van der Waals surface area contributed by atoms with Gasteiger partial charge >= 0.3 is 5.97 Å². The molecular weight excluding hydrogens is 364 g/mol. The van der Waals surface area contributed by atoms with Gasteiger partial charge in [-0.15, -0.1) is 0 Å². The van der Waals surface area contributed by atoms with Crippen LogP contribution >= 0.6 is 0 Å². The highest BCUT2D eigenvalue weighted by atomic mass is 16.4. The van der Waals surface area contributed by atoms with Gasteiger partial charge < -0.3 is 10.4 Å².